The topological polar surface area (TPSA) is 27.7 Å². The molecule has 1 fully saturated rings. The SMILES string of the molecule is CN1CCN(CCNc2ccc(OC(F)(F)F)cc2)CC1. The Bertz CT molecular complexity index is 428. The van der Waals surface area contributed by atoms with Gasteiger partial charge in [0.25, 0.3) is 0 Å². The molecule has 0 radical (unpaired) electrons. The first-order chi connectivity index (χ1) is 9.92. The zero-order valence-corrected chi connectivity index (χ0v) is 12.0. The predicted octanol–water partition coefficient (Wildman–Crippen LogP) is 2.24. The van der Waals surface area contributed by atoms with Gasteiger partial charge in [-0.1, -0.05) is 0 Å². The molecule has 1 aliphatic rings. The van der Waals surface area contributed by atoms with Crippen LogP contribution in [-0.2, 0) is 0 Å². The molecule has 4 nitrogen and oxygen atoms in total. The van der Waals surface area contributed by atoms with Gasteiger partial charge in [-0.3, -0.25) is 4.90 Å². The molecule has 7 heteroatoms. The highest BCUT2D eigenvalue weighted by Crippen LogP contribution is 2.23. The maximum atomic E-state index is 12.0. The lowest BCUT2D eigenvalue weighted by molar-refractivity contribution is -0.274. The molecule has 1 N–H and O–H groups in total. The molecule has 2 rings (SSSR count). The Balaban J connectivity index is 1.71. The fourth-order valence-corrected chi connectivity index (χ4v) is 2.20. The quantitative estimate of drug-likeness (QED) is 0.903. The van der Waals surface area contributed by atoms with E-state index in [-0.39, 0.29) is 5.75 Å². The molecule has 0 aromatic heterocycles. The normalized spacial score (nSPS) is 17.7. The van der Waals surface area contributed by atoms with E-state index in [2.05, 4.69) is 26.9 Å². The molecule has 1 aliphatic heterocycles. The van der Waals surface area contributed by atoms with Crippen molar-refractivity contribution in [2.24, 2.45) is 0 Å². The first kappa shape index (κ1) is 15.9. The summed E-state index contributed by atoms with van der Waals surface area (Å²) in [5.41, 5.74) is 0.790. The first-order valence-corrected chi connectivity index (χ1v) is 6.93. The zero-order valence-electron chi connectivity index (χ0n) is 12.0. The Morgan fingerprint density at radius 3 is 2.29 bits per heavy atom. The summed E-state index contributed by atoms with van der Waals surface area (Å²) in [6.07, 6.45) is -4.64. The summed E-state index contributed by atoms with van der Waals surface area (Å²) in [6, 6.07) is 5.80. The molecule has 0 unspecified atom stereocenters. The van der Waals surface area contributed by atoms with Crippen molar-refractivity contribution < 1.29 is 17.9 Å². The van der Waals surface area contributed by atoms with Gasteiger partial charge in [0.05, 0.1) is 0 Å². The van der Waals surface area contributed by atoms with Crippen LogP contribution in [-0.4, -0.2) is 62.5 Å². The van der Waals surface area contributed by atoms with E-state index in [4.69, 9.17) is 0 Å². The zero-order chi connectivity index (χ0) is 15.3. The van der Waals surface area contributed by atoms with Crippen LogP contribution in [0.25, 0.3) is 0 Å². The van der Waals surface area contributed by atoms with Gasteiger partial charge in [-0.25, -0.2) is 0 Å². The highest BCUT2D eigenvalue weighted by Gasteiger charge is 2.30. The third-order valence-corrected chi connectivity index (χ3v) is 3.44. The van der Waals surface area contributed by atoms with Crippen LogP contribution in [0.5, 0.6) is 5.75 Å². The molecule has 0 atom stereocenters. The van der Waals surface area contributed by atoms with E-state index < -0.39 is 6.36 Å². The number of piperazine rings is 1. The van der Waals surface area contributed by atoms with Gasteiger partial charge >= 0.3 is 6.36 Å². The summed E-state index contributed by atoms with van der Waals surface area (Å²) in [6.45, 7) is 5.94. The molecule has 0 amide bonds. The number of likely N-dealkylation sites (N-methyl/N-ethyl adjacent to an activating group) is 1. The molecule has 0 bridgehead atoms. The van der Waals surface area contributed by atoms with Crippen LogP contribution in [0.3, 0.4) is 0 Å². The summed E-state index contributed by atoms with van der Waals surface area (Å²) in [5, 5.41) is 3.20. The van der Waals surface area contributed by atoms with E-state index in [1.807, 2.05) is 0 Å². The van der Waals surface area contributed by atoms with E-state index >= 15 is 0 Å². The maximum absolute atomic E-state index is 12.0. The Morgan fingerprint density at radius 2 is 1.71 bits per heavy atom. The largest absolute Gasteiger partial charge is 0.573 e. The minimum absolute atomic E-state index is 0.202. The smallest absolute Gasteiger partial charge is 0.406 e. The standard InChI is InChI=1S/C14H20F3N3O/c1-19-8-10-20(11-9-19)7-6-18-12-2-4-13(5-3-12)21-14(15,16)17/h2-5,18H,6-11H2,1H3. The number of anilines is 1. The highest BCUT2D eigenvalue weighted by atomic mass is 19.4. The Labute approximate surface area is 122 Å². The number of halogens is 3. The molecule has 0 aliphatic carbocycles. The van der Waals surface area contributed by atoms with Gasteiger partial charge in [-0.15, -0.1) is 13.2 Å². The van der Waals surface area contributed by atoms with Gasteiger partial charge in [0.2, 0.25) is 0 Å². The van der Waals surface area contributed by atoms with Crippen molar-refractivity contribution >= 4 is 5.69 Å². The number of hydrogen-bond acceptors (Lipinski definition) is 4. The number of alkyl halides is 3. The average Bonchev–Trinajstić information content (AvgIpc) is 2.41. The minimum Gasteiger partial charge on any atom is -0.406 e. The Kier molecular flexibility index (Phi) is 5.30. The lowest BCUT2D eigenvalue weighted by Gasteiger charge is -2.32. The second-order valence-corrected chi connectivity index (χ2v) is 5.14. The molecule has 1 aromatic rings. The average molecular weight is 303 g/mol. The van der Waals surface area contributed by atoms with Crippen molar-refractivity contribution in [2.75, 3.05) is 51.6 Å². The number of ether oxygens (including phenoxy) is 1. The van der Waals surface area contributed by atoms with Crippen LogP contribution in [0, 0.1) is 0 Å². The molecular weight excluding hydrogens is 283 g/mol. The van der Waals surface area contributed by atoms with Crippen molar-refractivity contribution in [3.05, 3.63) is 24.3 Å². The van der Waals surface area contributed by atoms with Crippen molar-refractivity contribution in [2.45, 2.75) is 6.36 Å². The van der Waals surface area contributed by atoms with Crippen LogP contribution >= 0.6 is 0 Å². The summed E-state index contributed by atoms with van der Waals surface area (Å²) in [4.78, 5) is 4.66. The van der Waals surface area contributed by atoms with Gasteiger partial charge in [-0.2, -0.15) is 0 Å². The molecule has 1 heterocycles. The Hall–Kier alpha value is -1.47. The van der Waals surface area contributed by atoms with Gasteiger partial charge in [0.1, 0.15) is 5.75 Å². The van der Waals surface area contributed by atoms with Crippen LogP contribution < -0.4 is 10.1 Å². The summed E-state index contributed by atoms with van der Waals surface area (Å²) in [5.74, 6) is -0.202. The lowest BCUT2D eigenvalue weighted by Crippen LogP contribution is -2.45. The fraction of sp³-hybridized carbons (Fsp3) is 0.571. The molecule has 1 aromatic carbocycles. The fourth-order valence-electron chi connectivity index (χ4n) is 2.20. The minimum atomic E-state index is -4.64. The van der Waals surface area contributed by atoms with E-state index in [0.29, 0.717) is 0 Å². The molecule has 118 valence electrons. The highest BCUT2D eigenvalue weighted by molar-refractivity contribution is 5.46. The lowest BCUT2D eigenvalue weighted by atomic mass is 10.3. The van der Waals surface area contributed by atoms with Crippen molar-refractivity contribution in [3.63, 3.8) is 0 Å². The molecular formula is C14H20F3N3O. The van der Waals surface area contributed by atoms with E-state index in [0.717, 1.165) is 45.0 Å². The number of nitrogens with zero attached hydrogens (tertiary/aromatic N) is 2. The van der Waals surface area contributed by atoms with Crippen LogP contribution in [0.2, 0.25) is 0 Å². The van der Waals surface area contributed by atoms with Crippen molar-refractivity contribution in [1.29, 1.82) is 0 Å². The summed E-state index contributed by atoms with van der Waals surface area (Å²) >= 11 is 0. The third kappa shape index (κ3) is 5.81. The van der Waals surface area contributed by atoms with Gasteiger partial charge in [0.15, 0.2) is 0 Å². The van der Waals surface area contributed by atoms with E-state index in [9.17, 15) is 13.2 Å². The summed E-state index contributed by atoms with van der Waals surface area (Å²) in [7, 11) is 2.11. The van der Waals surface area contributed by atoms with Gasteiger partial charge < -0.3 is 15.0 Å². The molecule has 21 heavy (non-hydrogen) atoms. The van der Waals surface area contributed by atoms with Gasteiger partial charge in [0, 0.05) is 45.0 Å². The summed E-state index contributed by atoms with van der Waals surface area (Å²) < 4.78 is 39.9. The van der Waals surface area contributed by atoms with Gasteiger partial charge in [-0.05, 0) is 31.3 Å². The first-order valence-electron chi connectivity index (χ1n) is 6.93. The van der Waals surface area contributed by atoms with E-state index in [1.165, 1.54) is 12.1 Å². The molecule has 0 spiro atoms. The van der Waals surface area contributed by atoms with Crippen molar-refractivity contribution in [3.8, 4) is 5.75 Å². The van der Waals surface area contributed by atoms with Crippen LogP contribution in [0.1, 0.15) is 0 Å². The number of rotatable bonds is 5. The van der Waals surface area contributed by atoms with E-state index in [1.54, 1.807) is 12.1 Å². The second-order valence-electron chi connectivity index (χ2n) is 5.14. The second kappa shape index (κ2) is 7.00. The van der Waals surface area contributed by atoms with Crippen LogP contribution in [0.4, 0.5) is 18.9 Å². The molecule has 0 saturated carbocycles. The number of nitrogens with one attached hydrogen (secondary N) is 1. The Morgan fingerprint density at radius 1 is 1.10 bits per heavy atom. The molecule has 1 saturated heterocycles. The number of benzene rings is 1. The predicted molar refractivity (Wildman–Crippen MR) is 75.6 cm³/mol. The monoisotopic (exact) mass is 303 g/mol. The maximum Gasteiger partial charge on any atom is 0.573 e. The van der Waals surface area contributed by atoms with Crippen LogP contribution in [0.15, 0.2) is 24.3 Å². The third-order valence-electron chi connectivity index (χ3n) is 3.44. The number of hydrogen-bond donors (Lipinski definition) is 1. The van der Waals surface area contributed by atoms with Crippen molar-refractivity contribution in [1.82, 2.24) is 9.80 Å².